The molecule has 1 aromatic heterocycles. The Balaban J connectivity index is 1.64. The van der Waals surface area contributed by atoms with Crippen LogP contribution >= 0.6 is 0 Å². The lowest BCUT2D eigenvalue weighted by atomic mass is 9.81. The summed E-state index contributed by atoms with van der Waals surface area (Å²) >= 11 is 0. The molecule has 2 aliphatic heterocycles. The second-order valence-electron chi connectivity index (χ2n) is 10.4. The van der Waals surface area contributed by atoms with Crippen LogP contribution in [0.4, 0.5) is 17.2 Å². The highest BCUT2D eigenvalue weighted by Crippen LogP contribution is 2.77. The minimum Gasteiger partial charge on any atom is -0.344 e. The Kier molecular flexibility index (Phi) is 3.70. The molecular formula is C29H31N3. The first kappa shape index (κ1) is 19.6. The van der Waals surface area contributed by atoms with Crippen LogP contribution in [-0.2, 0) is 5.41 Å². The lowest BCUT2D eigenvalue weighted by molar-refractivity contribution is 0.349. The van der Waals surface area contributed by atoms with E-state index in [2.05, 4.69) is 113 Å². The van der Waals surface area contributed by atoms with Crippen molar-refractivity contribution in [2.24, 2.45) is 5.41 Å². The molecule has 3 nitrogen and oxygen atoms in total. The monoisotopic (exact) mass is 421 g/mol. The van der Waals surface area contributed by atoms with Crippen LogP contribution < -0.4 is 9.80 Å². The van der Waals surface area contributed by atoms with Gasteiger partial charge in [0.15, 0.2) is 5.82 Å². The van der Waals surface area contributed by atoms with Crippen LogP contribution in [0.25, 0.3) is 11.3 Å². The van der Waals surface area contributed by atoms with Gasteiger partial charge >= 0.3 is 0 Å². The van der Waals surface area contributed by atoms with Crippen molar-refractivity contribution in [2.45, 2.75) is 59.2 Å². The quantitative estimate of drug-likeness (QED) is 0.419. The molecule has 0 bridgehead atoms. The minimum atomic E-state index is -0.0228. The summed E-state index contributed by atoms with van der Waals surface area (Å²) < 4.78 is 0. The van der Waals surface area contributed by atoms with Gasteiger partial charge in [0.2, 0.25) is 0 Å². The highest BCUT2D eigenvalue weighted by molar-refractivity contribution is 5.90. The molecule has 0 spiro atoms. The van der Waals surface area contributed by atoms with Crippen LogP contribution in [0.1, 0.15) is 44.4 Å². The van der Waals surface area contributed by atoms with Crippen LogP contribution in [0.2, 0.25) is 0 Å². The van der Waals surface area contributed by atoms with Gasteiger partial charge in [-0.1, -0.05) is 62.4 Å². The molecule has 6 rings (SSSR count). The molecular weight excluding hydrogens is 390 g/mol. The molecule has 32 heavy (non-hydrogen) atoms. The smallest absolute Gasteiger partial charge is 0.159 e. The molecule has 1 aliphatic carbocycles. The highest BCUT2D eigenvalue weighted by atomic mass is 15.5. The first-order valence-electron chi connectivity index (χ1n) is 11.7. The van der Waals surface area contributed by atoms with Crippen LogP contribution in [0.3, 0.4) is 0 Å². The first-order chi connectivity index (χ1) is 15.2. The van der Waals surface area contributed by atoms with Gasteiger partial charge in [0.1, 0.15) is 6.17 Å². The Morgan fingerprint density at radius 1 is 0.906 bits per heavy atom. The Labute approximate surface area is 191 Å². The minimum absolute atomic E-state index is 0.00458. The molecule has 3 aromatic rings. The zero-order valence-electron chi connectivity index (χ0n) is 19.9. The maximum atomic E-state index is 5.35. The largest absolute Gasteiger partial charge is 0.344 e. The van der Waals surface area contributed by atoms with Crippen molar-refractivity contribution in [3.05, 3.63) is 83.4 Å². The predicted octanol–water partition coefficient (Wildman–Crippen LogP) is 6.91. The van der Waals surface area contributed by atoms with Gasteiger partial charge < -0.3 is 9.80 Å². The normalized spacial score (nSPS) is 27.2. The summed E-state index contributed by atoms with van der Waals surface area (Å²) in [5, 5.41) is 0. The zero-order chi connectivity index (χ0) is 22.6. The number of benzene rings is 2. The van der Waals surface area contributed by atoms with Crippen LogP contribution in [0, 0.1) is 19.3 Å². The van der Waals surface area contributed by atoms with E-state index in [9.17, 15) is 0 Å². The Hall–Kier alpha value is -3.07. The van der Waals surface area contributed by atoms with Gasteiger partial charge in [-0.2, -0.15) is 0 Å². The molecule has 2 aromatic carbocycles. The van der Waals surface area contributed by atoms with Gasteiger partial charge in [0, 0.05) is 28.1 Å². The third kappa shape index (κ3) is 2.05. The first-order valence-corrected chi connectivity index (χ1v) is 11.7. The zero-order valence-corrected chi connectivity index (χ0v) is 19.9. The van der Waals surface area contributed by atoms with Gasteiger partial charge in [0.05, 0.1) is 11.4 Å². The van der Waals surface area contributed by atoms with E-state index >= 15 is 0 Å². The van der Waals surface area contributed by atoms with Crippen LogP contribution in [-0.4, -0.2) is 17.2 Å². The van der Waals surface area contributed by atoms with Crippen molar-refractivity contribution in [1.82, 2.24) is 4.98 Å². The van der Waals surface area contributed by atoms with Gasteiger partial charge in [-0.3, -0.25) is 0 Å². The number of hydrogen-bond donors (Lipinski definition) is 0. The molecule has 1 saturated carbocycles. The maximum absolute atomic E-state index is 5.35. The highest BCUT2D eigenvalue weighted by Gasteiger charge is 2.76. The fourth-order valence-corrected chi connectivity index (χ4v) is 6.66. The molecule has 0 radical (unpaired) electrons. The van der Waals surface area contributed by atoms with Crippen molar-refractivity contribution in [3.8, 4) is 11.3 Å². The van der Waals surface area contributed by atoms with Crippen molar-refractivity contribution >= 4 is 17.2 Å². The van der Waals surface area contributed by atoms with E-state index in [0.29, 0.717) is 6.04 Å². The van der Waals surface area contributed by atoms with Gasteiger partial charge in [-0.15, -0.1) is 0 Å². The number of aryl methyl sites for hydroxylation is 2. The predicted molar refractivity (Wildman–Crippen MR) is 134 cm³/mol. The summed E-state index contributed by atoms with van der Waals surface area (Å²) in [6.07, 6.45) is 0.186. The number of anilines is 3. The van der Waals surface area contributed by atoms with Crippen molar-refractivity contribution in [2.75, 3.05) is 9.80 Å². The molecule has 3 heteroatoms. The summed E-state index contributed by atoms with van der Waals surface area (Å²) in [5.74, 6) is 1.07. The van der Waals surface area contributed by atoms with E-state index in [1.807, 2.05) is 0 Å². The number of hydrogen-bond acceptors (Lipinski definition) is 3. The second-order valence-corrected chi connectivity index (χ2v) is 10.4. The van der Waals surface area contributed by atoms with Crippen LogP contribution in [0.15, 0.2) is 66.7 Å². The summed E-state index contributed by atoms with van der Waals surface area (Å²) in [7, 11) is 0. The van der Waals surface area contributed by atoms with Crippen molar-refractivity contribution in [1.29, 1.82) is 0 Å². The SMILES string of the molecule is C=C1C2(C)c3ccccc3N3c4nc(-c5c(C)cccc5C)ccc4N(C(C)C)C3C12C. The van der Waals surface area contributed by atoms with E-state index in [1.165, 1.54) is 39.2 Å². The molecule has 3 atom stereocenters. The third-order valence-electron chi connectivity index (χ3n) is 8.59. The lowest BCUT2D eigenvalue weighted by Gasteiger charge is -2.45. The molecule has 0 saturated heterocycles. The number of fused-ring (bicyclic) bond motifs is 8. The Morgan fingerprint density at radius 3 is 2.28 bits per heavy atom. The average Bonchev–Trinajstić information content (AvgIpc) is 3.06. The number of para-hydroxylation sites is 1. The fraction of sp³-hybridized carbons (Fsp3) is 0.345. The topological polar surface area (TPSA) is 19.4 Å². The van der Waals surface area contributed by atoms with E-state index in [4.69, 9.17) is 4.98 Å². The molecule has 0 N–H and O–H groups in total. The molecule has 162 valence electrons. The van der Waals surface area contributed by atoms with Gasteiger partial charge in [-0.05, 0) is 62.6 Å². The Morgan fingerprint density at radius 2 is 1.59 bits per heavy atom. The van der Waals surface area contributed by atoms with E-state index in [1.54, 1.807) is 0 Å². The summed E-state index contributed by atoms with van der Waals surface area (Å²) in [5.41, 5.74) is 10.00. The van der Waals surface area contributed by atoms with E-state index in [-0.39, 0.29) is 17.0 Å². The molecule has 3 aliphatic rings. The number of pyridine rings is 1. The summed E-state index contributed by atoms with van der Waals surface area (Å²) in [6, 6.07) is 20.2. The Bertz CT molecular complexity index is 1290. The standard InChI is InChI=1S/C29H31N3/c1-17(2)31-24-16-15-22(25-18(3)11-10-12-19(25)4)30-26(24)32-23-14-9-8-13-21(23)28(6)20(5)29(28,7)27(31)32/h8-17,27H,5H2,1-4,6-7H3. The second kappa shape index (κ2) is 6.04. The maximum Gasteiger partial charge on any atom is 0.159 e. The van der Waals surface area contributed by atoms with Crippen molar-refractivity contribution < 1.29 is 0 Å². The average molecular weight is 422 g/mol. The summed E-state index contributed by atoms with van der Waals surface area (Å²) in [6.45, 7) is 18.3. The molecule has 0 amide bonds. The molecule has 3 heterocycles. The molecule has 1 fully saturated rings. The van der Waals surface area contributed by atoms with Gasteiger partial charge in [0.25, 0.3) is 0 Å². The van der Waals surface area contributed by atoms with E-state index in [0.717, 1.165) is 11.5 Å². The van der Waals surface area contributed by atoms with Gasteiger partial charge in [-0.25, -0.2) is 4.98 Å². The third-order valence-corrected chi connectivity index (χ3v) is 8.59. The van der Waals surface area contributed by atoms with E-state index < -0.39 is 0 Å². The lowest BCUT2D eigenvalue weighted by Crippen LogP contribution is -2.54. The fourth-order valence-electron chi connectivity index (χ4n) is 6.66. The number of nitrogens with zero attached hydrogens (tertiary/aromatic N) is 3. The number of aromatic nitrogens is 1. The molecule has 3 unspecified atom stereocenters. The summed E-state index contributed by atoms with van der Waals surface area (Å²) in [4.78, 5) is 10.4. The van der Waals surface area contributed by atoms with Crippen LogP contribution in [0.5, 0.6) is 0 Å². The number of rotatable bonds is 2. The van der Waals surface area contributed by atoms with Crippen molar-refractivity contribution in [3.63, 3.8) is 0 Å².